The van der Waals surface area contributed by atoms with Crippen molar-refractivity contribution in [3.05, 3.63) is 70.5 Å². The molecule has 5 nitrogen and oxygen atoms in total. The molecule has 0 bridgehead atoms. The number of ether oxygens (including phenoxy) is 1. The zero-order valence-corrected chi connectivity index (χ0v) is 16.1. The van der Waals surface area contributed by atoms with Crippen molar-refractivity contribution in [1.29, 1.82) is 5.26 Å². The predicted octanol–water partition coefficient (Wildman–Crippen LogP) is 4.05. The zero-order valence-electron chi connectivity index (χ0n) is 15.3. The number of nitriles is 1. The molecule has 28 heavy (non-hydrogen) atoms. The van der Waals surface area contributed by atoms with Crippen molar-refractivity contribution in [3.63, 3.8) is 0 Å². The fourth-order valence-corrected chi connectivity index (χ4v) is 4.67. The first-order valence-corrected chi connectivity index (χ1v) is 9.81. The lowest BCUT2D eigenvalue weighted by molar-refractivity contribution is -0.129. The van der Waals surface area contributed by atoms with Crippen LogP contribution in [0.2, 0.25) is 0 Å². The number of amides is 1. The van der Waals surface area contributed by atoms with Crippen molar-refractivity contribution in [3.8, 4) is 11.8 Å². The van der Waals surface area contributed by atoms with Crippen molar-refractivity contribution < 1.29 is 13.9 Å². The summed E-state index contributed by atoms with van der Waals surface area (Å²) in [6.45, 7) is 0.354. The molecule has 2 aromatic rings. The number of carbonyl (C=O) groups excluding carboxylic acids is 1. The van der Waals surface area contributed by atoms with Gasteiger partial charge in [0.15, 0.2) is 0 Å². The Morgan fingerprint density at radius 1 is 1.18 bits per heavy atom. The molecule has 4 rings (SSSR count). The number of nitrogens with zero attached hydrogens (tertiary/aromatic N) is 3. The summed E-state index contributed by atoms with van der Waals surface area (Å²) in [6, 6.07) is 16.0. The molecule has 0 aromatic heterocycles. The Hall–Kier alpha value is -2.98. The highest BCUT2D eigenvalue weighted by atomic mass is 32.2. The number of fused-ring (bicyclic) bond motifs is 1. The number of hydrogen-bond acceptors (Lipinski definition) is 5. The first-order valence-electron chi connectivity index (χ1n) is 8.82. The fraction of sp³-hybridized carbons (Fsp3) is 0.238. The van der Waals surface area contributed by atoms with Gasteiger partial charge in [-0.1, -0.05) is 23.9 Å². The summed E-state index contributed by atoms with van der Waals surface area (Å²) in [7, 11) is 1.60. The van der Waals surface area contributed by atoms with Crippen LogP contribution in [0.4, 0.5) is 10.1 Å². The molecule has 0 saturated carbocycles. The maximum absolute atomic E-state index is 13.2. The van der Waals surface area contributed by atoms with Crippen LogP contribution in [0.25, 0.3) is 0 Å². The highest BCUT2D eigenvalue weighted by Crippen LogP contribution is 2.43. The van der Waals surface area contributed by atoms with Crippen LogP contribution < -0.4 is 9.64 Å². The predicted molar refractivity (Wildman–Crippen MR) is 106 cm³/mol. The summed E-state index contributed by atoms with van der Waals surface area (Å²) in [6.07, 6.45) is 0.247. The Morgan fingerprint density at radius 2 is 1.89 bits per heavy atom. The van der Waals surface area contributed by atoms with Gasteiger partial charge in [-0.25, -0.2) is 4.39 Å². The molecule has 2 heterocycles. The monoisotopic (exact) mass is 395 g/mol. The van der Waals surface area contributed by atoms with Crippen LogP contribution in [-0.4, -0.2) is 30.5 Å². The van der Waals surface area contributed by atoms with Crippen molar-refractivity contribution in [1.82, 2.24) is 4.90 Å². The number of carbonyl (C=O) groups is 1. The highest BCUT2D eigenvalue weighted by Gasteiger charge is 2.38. The van der Waals surface area contributed by atoms with E-state index in [2.05, 4.69) is 6.07 Å². The molecular formula is C21H18FN3O2S. The molecule has 0 unspecified atom stereocenters. The molecule has 2 aliphatic rings. The molecule has 1 atom stereocenters. The maximum Gasteiger partial charge on any atom is 0.229 e. The summed E-state index contributed by atoms with van der Waals surface area (Å²) < 4.78 is 18.4. The van der Waals surface area contributed by atoms with E-state index in [1.807, 2.05) is 29.2 Å². The van der Waals surface area contributed by atoms with E-state index in [4.69, 9.17) is 4.74 Å². The average molecular weight is 395 g/mol. The Morgan fingerprint density at radius 3 is 2.54 bits per heavy atom. The molecule has 2 aliphatic heterocycles. The van der Waals surface area contributed by atoms with Crippen molar-refractivity contribution in [2.45, 2.75) is 12.3 Å². The van der Waals surface area contributed by atoms with Crippen LogP contribution in [0.5, 0.6) is 5.75 Å². The van der Waals surface area contributed by atoms with Gasteiger partial charge in [0.25, 0.3) is 0 Å². The largest absolute Gasteiger partial charge is 0.497 e. The third kappa shape index (κ3) is 3.32. The molecule has 0 spiro atoms. The number of hydrogen-bond donors (Lipinski definition) is 0. The number of rotatable bonds is 3. The molecule has 1 fully saturated rings. The second kappa shape index (κ2) is 7.56. The van der Waals surface area contributed by atoms with Gasteiger partial charge in [-0.2, -0.15) is 5.26 Å². The van der Waals surface area contributed by atoms with Crippen LogP contribution in [0.15, 0.2) is 59.1 Å². The normalized spacial score (nSPS) is 19.3. The Bertz CT molecular complexity index is 967. The van der Waals surface area contributed by atoms with Crippen LogP contribution >= 0.6 is 11.8 Å². The molecule has 0 radical (unpaired) electrons. The molecule has 0 aliphatic carbocycles. The Kier molecular flexibility index (Phi) is 4.97. The van der Waals surface area contributed by atoms with Gasteiger partial charge in [-0.3, -0.25) is 9.69 Å². The van der Waals surface area contributed by atoms with E-state index in [1.165, 1.54) is 23.9 Å². The third-order valence-corrected chi connectivity index (χ3v) is 6.16. The van der Waals surface area contributed by atoms with Crippen molar-refractivity contribution in [2.75, 3.05) is 24.6 Å². The van der Waals surface area contributed by atoms with Gasteiger partial charge < -0.3 is 9.64 Å². The van der Waals surface area contributed by atoms with Crippen LogP contribution in [0.3, 0.4) is 0 Å². The van der Waals surface area contributed by atoms with Crippen LogP contribution in [0, 0.1) is 17.1 Å². The van der Waals surface area contributed by atoms with Gasteiger partial charge in [-0.05, 0) is 42.0 Å². The summed E-state index contributed by atoms with van der Waals surface area (Å²) >= 11 is 1.47. The minimum Gasteiger partial charge on any atom is -0.497 e. The lowest BCUT2D eigenvalue weighted by Gasteiger charge is -2.42. The maximum atomic E-state index is 13.2. The fourth-order valence-electron chi connectivity index (χ4n) is 3.50. The quantitative estimate of drug-likeness (QED) is 0.785. The minimum absolute atomic E-state index is 0.0193. The molecule has 0 N–H and O–H groups in total. The van der Waals surface area contributed by atoms with E-state index in [-0.39, 0.29) is 24.1 Å². The topological polar surface area (TPSA) is 56.6 Å². The first-order chi connectivity index (χ1) is 13.6. The van der Waals surface area contributed by atoms with E-state index < -0.39 is 0 Å². The van der Waals surface area contributed by atoms with E-state index >= 15 is 0 Å². The molecule has 2 aromatic carbocycles. The molecule has 7 heteroatoms. The molecule has 1 saturated heterocycles. The summed E-state index contributed by atoms with van der Waals surface area (Å²) in [5.74, 6) is 0.761. The van der Waals surface area contributed by atoms with Gasteiger partial charge in [0.05, 0.1) is 36.3 Å². The van der Waals surface area contributed by atoms with E-state index in [1.54, 1.807) is 24.1 Å². The minimum atomic E-state index is -0.294. The highest BCUT2D eigenvalue weighted by molar-refractivity contribution is 8.03. The molecule has 1 amide bonds. The number of allylic oxidation sites excluding steroid dienone is 1. The van der Waals surface area contributed by atoms with Gasteiger partial charge in [0.2, 0.25) is 5.91 Å². The molecular weight excluding hydrogens is 377 g/mol. The van der Waals surface area contributed by atoms with Crippen LogP contribution in [0.1, 0.15) is 17.9 Å². The van der Waals surface area contributed by atoms with Gasteiger partial charge in [-0.15, -0.1) is 0 Å². The second-order valence-corrected chi connectivity index (χ2v) is 7.55. The second-order valence-electron chi connectivity index (χ2n) is 6.61. The lowest BCUT2D eigenvalue weighted by atomic mass is 9.86. The van der Waals surface area contributed by atoms with E-state index in [9.17, 15) is 14.4 Å². The van der Waals surface area contributed by atoms with E-state index in [0.717, 1.165) is 22.0 Å². The van der Waals surface area contributed by atoms with E-state index in [0.29, 0.717) is 18.1 Å². The summed E-state index contributed by atoms with van der Waals surface area (Å²) in [5.41, 5.74) is 2.39. The number of benzene rings is 2. The SMILES string of the molecule is COc1ccc([C@H]2CC(=O)N3CN(c4ccc(F)cc4)CSC3=C2C#N)cc1. The third-order valence-electron chi connectivity index (χ3n) is 5.00. The number of anilines is 1. The number of methoxy groups -OCH3 is 1. The van der Waals surface area contributed by atoms with Crippen molar-refractivity contribution >= 4 is 23.4 Å². The molecule has 142 valence electrons. The Labute approximate surface area is 167 Å². The Balaban J connectivity index is 1.63. The average Bonchev–Trinajstić information content (AvgIpc) is 2.74. The summed E-state index contributed by atoms with van der Waals surface area (Å²) in [4.78, 5) is 16.5. The zero-order chi connectivity index (χ0) is 19.7. The standard InChI is InChI=1S/C21H18FN3O2S/c1-27-17-8-2-14(3-9-17)18-10-20(26)25-12-24(13-28-21(25)19(18)11-23)16-6-4-15(22)5-7-16/h2-9,18H,10,12-13H2,1H3/t18-/m1/s1. The van der Waals surface area contributed by atoms with Gasteiger partial charge in [0.1, 0.15) is 11.6 Å². The van der Waals surface area contributed by atoms with Gasteiger partial charge in [0, 0.05) is 18.0 Å². The first kappa shape index (κ1) is 18.4. The summed E-state index contributed by atoms with van der Waals surface area (Å²) in [5, 5.41) is 10.5. The van der Waals surface area contributed by atoms with Crippen LogP contribution in [-0.2, 0) is 4.79 Å². The van der Waals surface area contributed by atoms with Gasteiger partial charge >= 0.3 is 0 Å². The lowest BCUT2D eigenvalue weighted by Crippen LogP contribution is -2.47. The van der Waals surface area contributed by atoms with Crippen molar-refractivity contribution in [2.24, 2.45) is 0 Å². The number of halogens is 1. The smallest absolute Gasteiger partial charge is 0.229 e. The number of thioether (sulfide) groups is 1.